The highest BCUT2D eigenvalue weighted by Gasteiger charge is 2.09. The van der Waals surface area contributed by atoms with Crippen LogP contribution in [0.2, 0.25) is 0 Å². The van der Waals surface area contributed by atoms with Crippen LogP contribution in [0, 0.1) is 6.92 Å². The van der Waals surface area contributed by atoms with E-state index < -0.39 is 5.97 Å². The van der Waals surface area contributed by atoms with Crippen LogP contribution in [-0.2, 0) is 11.2 Å². The molecule has 0 radical (unpaired) electrons. The summed E-state index contributed by atoms with van der Waals surface area (Å²) >= 11 is 0. The molecule has 0 spiro atoms. The number of aromatic nitrogens is 2. The van der Waals surface area contributed by atoms with Crippen molar-refractivity contribution in [2.45, 2.75) is 19.8 Å². The molecule has 0 bridgehead atoms. The van der Waals surface area contributed by atoms with Crippen molar-refractivity contribution >= 4 is 16.9 Å². The third kappa shape index (κ3) is 2.56. The summed E-state index contributed by atoms with van der Waals surface area (Å²) in [4.78, 5) is 19.3. The van der Waals surface area contributed by atoms with Crippen molar-refractivity contribution in [3.05, 3.63) is 29.7 Å². The van der Waals surface area contributed by atoms with Crippen molar-refractivity contribution in [1.29, 1.82) is 0 Å². The van der Waals surface area contributed by atoms with Crippen LogP contribution in [0.1, 0.15) is 17.9 Å². The second-order valence-electron chi connectivity index (χ2n) is 3.99. The van der Waals surface area contributed by atoms with Crippen LogP contribution in [0.5, 0.6) is 5.75 Å². The number of fused-ring (bicyclic) bond motifs is 1. The number of hydrogen-bond donors (Lipinski definition) is 1. The zero-order chi connectivity index (χ0) is 13.1. The SMILES string of the molecule is COc1ccc2nc(C)nc(CCC(=O)O)c2c1. The van der Waals surface area contributed by atoms with Crippen molar-refractivity contribution in [2.75, 3.05) is 7.11 Å². The molecule has 0 atom stereocenters. The van der Waals surface area contributed by atoms with E-state index in [0.29, 0.717) is 18.0 Å². The molecule has 1 aromatic carbocycles. The van der Waals surface area contributed by atoms with Crippen molar-refractivity contribution in [3.63, 3.8) is 0 Å². The minimum absolute atomic E-state index is 0.0583. The number of carbonyl (C=O) groups is 1. The number of aryl methyl sites for hydroxylation is 2. The highest BCUT2D eigenvalue weighted by molar-refractivity contribution is 5.83. The van der Waals surface area contributed by atoms with Gasteiger partial charge in [-0.25, -0.2) is 9.97 Å². The van der Waals surface area contributed by atoms with Gasteiger partial charge in [-0.05, 0) is 25.1 Å². The van der Waals surface area contributed by atoms with E-state index in [0.717, 1.165) is 16.6 Å². The van der Waals surface area contributed by atoms with E-state index in [1.165, 1.54) is 0 Å². The Kier molecular flexibility index (Phi) is 3.41. The van der Waals surface area contributed by atoms with Crippen LogP contribution in [-0.4, -0.2) is 28.2 Å². The van der Waals surface area contributed by atoms with Crippen molar-refractivity contribution < 1.29 is 14.6 Å². The van der Waals surface area contributed by atoms with E-state index in [-0.39, 0.29) is 6.42 Å². The summed E-state index contributed by atoms with van der Waals surface area (Å²) in [6, 6.07) is 5.52. The van der Waals surface area contributed by atoms with Gasteiger partial charge in [-0.3, -0.25) is 4.79 Å². The summed E-state index contributed by atoms with van der Waals surface area (Å²) in [6.45, 7) is 1.80. The smallest absolute Gasteiger partial charge is 0.303 e. The molecule has 2 rings (SSSR count). The third-order valence-corrected chi connectivity index (χ3v) is 2.67. The first-order chi connectivity index (χ1) is 8.60. The number of aliphatic carboxylic acids is 1. The number of methoxy groups -OCH3 is 1. The van der Waals surface area contributed by atoms with Gasteiger partial charge >= 0.3 is 5.97 Å². The standard InChI is InChI=1S/C13H14N2O3/c1-8-14-11-4-3-9(18-2)7-10(11)12(15-8)5-6-13(16)17/h3-4,7H,5-6H2,1-2H3,(H,16,17). The van der Waals surface area contributed by atoms with Gasteiger partial charge in [0.05, 0.1) is 24.7 Å². The van der Waals surface area contributed by atoms with Gasteiger partial charge in [0.2, 0.25) is 0 Å². The molecule has 0 fully saturated rings. The fourth-order valence-electron chi connectivity index (χ4n) is 1.84. The Balaban J connectivity index is 2.50. The summed E-state index contributed by atoms with van der Waals surface area (Å²) in [5.41, 5.74) is 1.56. The lowest BCUT2D eigenvalue weighted by molar-refractivity contribution is -0.136. The molecule has 94 valence electrons. The number of carboxylic acids is 1. The Bertz CT molecular complexity index is 596. The number of carboxylic acid groups (broad SMARTS) is 1. The zero-order valence-electron chi connectivity index (χ0n) is 10.3. The van der Waals surface area contributed by atoms with E-state index in [9.17, 15) is 4.79 Å². The van der Waals surface area contributed by atoms with E-state index in [4.69, 9.17) is 9.84 Å². The van der Waals surface area contributed by atoms with Gasteiger partial charge in [0.1, 0.15) is 11.6 Å². The molecule has 0 aliphatic carbocycles. The predicted molar refractivity (Wildman–Crippen MR) is 66.8 cm³/mol. The van der Waals surface area contributed by atoms with Crippen LogP contribution < -0.4 is 4.74 Å². The van der Waals surface area contributed by atoms with Crippen molar-refractivity contribution in [2.24, 2.45) is 0 Å². The number of nitrogens with zero attached hydrogens (tertiary/aromatic N) is 2. The first-order valence-electron chi connectivity index (χ1n) is 5.63. The van der Waals surface area contributed by atoms with Gasteiger partial charge in [0.15, 0.2) is 0 Å². The Labute approximate surface area is 104 Å². The van der Waals surface area contributed by atoms with E-state index in [2.05, 4.69) is 9.97 Å². The maximum absolute atomic E-state index is 10.6. The maximum atomic E-state index is 10.6. The van der Waals surface area contributed by atoms with Crippen LogP contribution >= 0.6 is 0 Å². The maximum Gasteiger partial charge on any atom is 0.303 e. The lowest BCUT2D eigenvalue weighted by atomic mass is 10.1. The van der Waals surface area contributed by atoms with Gasteiger partial charge < -0.3 is 9.84 Å². The molecule has 0 aliphatic heterocycles. The number of ether oxygens (including phenoxy) is 1. The summed E-state index contributed by atoms with van der Waals surface area (Å²) in [5, 5.41) is 9.60. The highest BCUT2D eigenvalue weighted by atomic mass is 16.5. The summed E-state index contributed by atoms with van der Waals surface area (Å²) < 4.78 is 5.16. The quantitative estimate of drug-likeness (QED) is 0.892. The molecule has 0 saturated heterocycles. The van der Waals surface area contributed by atoms with Crippen LogP contribution in [0.15, 0.2) is 18.2 Å². The fourth-order valence-corrected chi connectivity index (χ4v) is 1.84. The molecule has 0 unspecified atom stereocenters. The zero-order valence-corrected chi connectivity index (χ0v) is 10.3. The van der Waals surface area contributed by atoms with Gasteiger partial charge in [-0.15, -0.1) is 0 Å². The Morgan fingerprint density at radius 3 is 2.83 bits per heavy atom. The first-order valence-corrected chi connectivity index (χ1v) is 5.63. The first kappa shape index (κ1) is 12.3. The topological polar surface area (TPSA) is 72.3 Å². The van der Waals surface area contributed by atoms with Gasteiger partial charge in [0, 0.05) is 11.8 Å². The van der Waals surface area contributed by atoms with E-state index >= 15 is 0 Å². The van der Waals surface area contributed by atoms with E-state index in [1.54, 1.807) is 14.0 Å². The molecule has 1 heterocycles. The summed E-state index contributed by atoms with van der Waals surface area (Å²) in [5.74, 6) is 0.530. The van der Waals surface area contributed by atoms with Crippen molar-refractivity contribution in [3.8, 4) is 5.75 Å². The minimum atomic E-state index is -0.831. The molecule has 1 aromatic heterocycles. The normalized spacial score (nSPS) is 10.6. The second kappa shape index (κ2) is 5.00. The van der Waals surface area contributed by atoms with Crippen LogP contribution in [0.25, 0.3) is 10.9 Å². The summed E-state index contributed by atoms with van der Waals surface area (Å²) in [6.07, 6.45) is 0.450. The molecule has 0 aliphatic rings. The Hall–Kier alpha value is -2.17. The molecule has 2 aromatic rings. The minimum Gasteiger partial charge on any atom is -0.497 e. The Morgan fingerprint density at radius 2 is 2.17 bits per heavy atom. The molecule has 18 heavy (non-hydrogen) atoms. The van der Waals surface area contributed by atoms with E-state index in [1.807, 2.05) is 18.2 Å². The fraction of sp³-hybridized carbons (Fsp3) is 0.308. The highest BCUT2D eigenvalue weighted by Crippen LogP contribution is 2.22. The predicted octanol–water partition coefficient (Wildman–Crippen LogP) is 1.96. The van der Waals surface area contributed by atoms with Crippen LogP contribution in [0.4, 0.5) is 0 Å². The number of rotatable bonds is 4. The van der Waals surface area contributed by atoms with Crippen LogP contribution in [0.3, 0.4) is 0 Å². The largest absolute Gasteiger partial charge is 0.497 e. The molecule has 0 amide bonds. The number of benzene rings is 1. The number of hydrogen-bond acceptors (Lipinski definition) is 4. The van der Waals surface area contributed by atoms with Gasteiger partial charge in [-0.2, -0.15) is 0 Å². The lowest BCUT2D eigenvalue weighted by Crippen LogP contribution is -2.02. The molecular formula is C13H14N2O3. The third-order valence-electron chi connectivity index (χ3n) is 2.67. The average molecular weight is 246 g/mol. The lowest BCUT2D eigenvalue weighted by Gasteiger charge is -2.07. The monoisotopic (exact) mass is 246 g/mol. The molecule has 0 saturated carbocycles. The molecule has 1 N–H and O–H groups in total. The van der Waals surface area contributed by atoms with Gasteiger partial charge in [-0.1, -0.05) is 0 Å². The second-order valence-corrected chi connectivity index (χ2v) is 3.99. The van der Waals surface area contributed by atoms with Gasteiger partial charge in [0.25, 0.3) is 0 Å². The Morgan fingerprint density at radius 1 is 1.39 bits per heavy atom. The molecule has 5 nitrogen and oxygen atoms in total. The molecular weight excluding hydrogens is 232 g/mol. The average Bonchev–Trinajstić information content (AvgIpc) is 2.35. The van der Waals surface area contributed by atoms with Crippen molar-refractivity contribution in [1.82, 2.24) is 9.97 Å². The molecule has 5 heteroatoms. The summed E-state index contributed by atoms with van der Waals surface area (Å²) in [7, 11) is 1.59.